The fraction of sp³-hybridized carbons (Fsp3) is 0.667. The number of nitrogens with one attached hydrogen (secondary N) is 1. The highest BCUT2D eigenvalue weighted by atomic mass is 16.3. The summed E-state index contributed by atoms with van der Waals surface area (Å²) in [5.41, 5.74) is 0.396. The summed E-state index contributed by atoms with van der Waals surface area (Å²) in [5, 5.41) is 20.2. The third-order valence-corrected chi connectivity index (χ3v) is 3.77. The highest BCUT2D eigenvalue weighted by Gasteiger charge is 2.29. The van der Waals surface area contributed by atoms with Crippen LogP contribution in [0.15, 0.2) is 12.1 Å². The van der Waals surface area contributed by atoms with Crippen LogP contribution in [0.2, 0.25) is 0 Å². The number of aliphatic hydroxyl groups is 1. The second-order valence-electron chi connectivity index (χ2n) is 5.39. The van der Waals surface area contributed by atoms with Gasteiger partial charge in [0.15, 0.2) is 5.69 Å². The molecule has 1 unspecified atom stereocenters. The van der Waals surface area contributed by atoms with Gasteiger partial charge in [0.25, 0.3) is 5.91 Å². The van der Waals surface area contributed by atoms with Gasteiger partial charge in [-0.15, -0.1) is 10.2 Å². The molecule has 1 aromatic rings. The lowest BCUT2D eigenvalue weighted by molar-refractivity contribution is 0.0717. The molecule has 1 aliphatic rings. The van der Waals surface area contributed by atoms with E-state index in [1.165, 1.54) is 0 Å². The Morgan fingerprint density at radius 1 is 1.48 bits per heavy atom. The maximum Gasteiger partial charge on any atom is 0.274 e. The summed E-state index contributed by atoms with van der Waals surface area (Å²) < 4.78 is 0. The number of aliphatic hydroxyl groups excluding tert-OH is 1. The Hall–Kier alpha value is -1.69. The van der Waals surface area contributed by atoms with Gasteiger partial charge in [0, 0.05) is 25.7 Å². The van der Waals surface area contributed by atoms with Crippen LogP contribution in [0.4, 0.5) is 5.82 Å². The molecule has 2 rings (SSSR count). The van der Waals surface area contributed by atoms with Gasteiger partial charge in [-0.3, -0.25) is 4.79 Å². The Morgan fingerprint density at radius 3 is 3.00 bits per heavy atom. The van der Waals surface area contributed by atoms with Gasteiger partial charge >= 0.3 is 0 Å². The second kappa shape index (κ2) is 7.93. The number of nitrogens with zero attached hydrogens (tertiary/aromatic N) is 3. The van der Waals surface area contributed by atoms with Crippen LogP contribution in [0.25, 0.3) is 0 Å². The van der Waals surface area contributed by atoms with E-state index >= 15 is 0 Å². The third-order valence-electron chi connectivity index (χ3n) is 3.77. The summed E-state index contributed by atoms with van der Waals surface area (Å²) in [7, 11) is 0. The number of carbonyl (C=O) groups excluding carboxylic acids is 1. The van der Waals surface area contributed by atoms with Gasteiger partial charge in [0.2, 0.25) is 0 Å². The van der Waals surface area contributed by atoms with E-state index in [1.54, 1.807) is 12.1 Å². The molecule has 1 atom stereocenters. The van der Waals surface area contributed by atoms with E-state index in [4.69, 9.17) is 5.11 Å². The molecule has 0 bridgehead atoms. The molecule has 6 nitrogen and oxygen atoms in total. The first-order valence-corrected chi connectivity index (χ1v) is 7.75. The number of amides is 1. The van der Waals surface area contributed by atoms with E-state index in [0.717, 1.165) is 45.2 Å². The quantitative estimate of drug-likeness (QED) is 0.799. The Morgan fingerprint density at radius 2 is 2.33 bits per heavy atom. The first kappa shape index (κ1) is 15.7. The number of likely N-dealkylation sites (tertiary alicyclic amines) is 1. The number of aromatic nitrogens is 2. The zero-order valence-electron chi connectivity index (χ0n) is 12.6. The molecule has 21 heavy (non-hydrogen) atoms. The number of hydrogen-bond donors (Lipinski definition) is 2. The number of carbonyl (C=O) groups is 1. The van der Waals surface area contributed by atoms with E-state index in [1.807, 2.05) is 4.90 Å². The van der Waals surface area contributed by atoms with Crippen molar-refractivity contribution in [1.29, 1.82) is 0 Å². The number of anilines is 1. The topological polar surface area (TPSA) is 78.4 Å². The van der Waals surface area contributed by atoms with Crippen LogP contribution in [-0.2, 0) is 0 Å². The largest absolute Gasteiger partial charge is 0.396 e. The second-order valence-corrected chi connectivity index (χ2v) is 5.39. The molecule has 1 aromatic heterocycles. The lowest BCUT2D eigenvalue weighted by atomic mass is 10.1. The van der Waals surface area contributed by atoms with Crippen LogP contribution >= 0.6 is 0 Å². The maximum absolute atomic E-state index is 12.5. The highest BCUT2D eigenvalue weighted by molar-refractivity contribution is 5.92. The van der Waals surface area contributed by atoms with Crippen LogP contribution in [0, 0.1) is 0 Å². The Bertz CT molecular complexity index is 449. The van der Waals surface area contributed by atoms with Gasteiger partial charge in [-0.1, -0.05) is 6.92 Å². The Labute approximate surface area is 125 Å². The summed E-state index contributed by atoms with van der Waals surface area (Å²) >= 11 is 0. The average Bonchev–Trinajstić information content (AvgIpc) is 2.99. The van der Waals surface area contributed by atoms with E-state index < -0.39 is 0 Å². The van der Waals surface area contributed by atoms with Crippen molar-refractivity contribution in [2.75, 3.05) is 25.0 Å². The molecule has 2 heterocycles. The predicted molar refractivity (Wildman–Crippen MR) is 81.2 cm³/mol. The fourth-order valence-corrected chi connectivity index (χ4v) is 2.67. The van der Waals surface area contributed by atoms with Crippen LogP contribution < -0.4 is 5.32 Å². The molecule has 1 amide bonds. The van der Waals surface area contributed by atoms with E-state index in [9.17, 15) is 4.79 Å². The van der Waals surface area contributed by atoms with E-state index in [2.05, 4.69) is 22.4 Å². The van der Waals surface area contributed by atoms with Crippen LogP contribution in [0.1, 0.15) is 49.5 Å². The molecule has 1 saturated heterocycles. The molecule has 0 spiro atoms. The molecule has 6 heteroatoms. The third kappa shape index (κ3) is 4.14. The van der Waals surface area contributed by atoms with Crippen molar-refractivity contribution in [3.05, 3.63) is 17.8 Å². The Balaban J connectivity index is 1.98. The van der Waals surface area contributed by atoms with Crippen molar-refractivity contribution in [2.24, 2.45) is 0 Å². The normalized spacial score (nSPS) is 18.0. The van der Waals surface area contributed by atoms with E-state index in [0.29, 0.717) is 11.5 Å². The minimum atomic E-state index is -0.0509. The summed E-state index contributed by atoms with van der Waals surface area (Å²) in [6.07, 6.45) is 4.63. The highest BCUT2D eigenvalue weighted by Crippen LogP contribution is 2.23. The maximum atomic E-state index is 12.5. The smallest absolute Gasteiger partial charge is 0.274 e. The summed E-state index contributed by atoms with van der Waals surface area (Å²) in [6, 6.07) is 3.76. The van der Waals surface area contributed by atoms with Crippen molar-refractivity contribution in [3.63, 3.8) is 0 Å². The summed E-state index contributed by atoms with van der Waals surface area (Å²) in [6.45, 7) is 3.87. The van der Waals surface area contributed by atoms with Crippen molar-refractivity contribution < 1.29 is 9.90 Å². The standard InChI is InChI=1S/C15H24N4O2/c1-2-9-16-14-8-7-13(17-18-14)15(21)19-10-3-5-12(19)6-4-11-20/h7-8,12,20H,2-6,9-11H2,1H3,(H,16,18). The van der Waals surface area contributed by atoms with Gasteiger partial charge in [-0.25, -0.2) is 0 Å². The van der Waals surface area contributed by atoms with Gasteiger partial charge in [-0.05, 0) is 44.2 Å². The number of hydrogen-bond acceptors (Lipinski definition) is 5. The monoisotopic (exact) mass is 292 g/mol. The lowest BCUT2D eigenvalue weighted by Gasteiger charge is -2.24. The molecule has 0 radical (unpaired) electrons. The summed E-state index contributed by atoms with van der Waals surface area (Å²) in [4.78, 5) is 14.4. The van der Waals surface area contributed by atoms with E-state index in [-0.39, 0.29) is 18.6 Å². The van der Waals surface area contributed by atoms with Gasteiger partial charge < -0.3 is 15.3 Å². The van der Waals surface area contributed by atoms with Crippen molar-refractivity contribution in [2.45, 2.75) is 45.1 Å². The van der Waals surface area contributed by atoms with Crippen LogP contribution in [0.5, 0.6) is 0 Å². The molecular formula is C15H24N4O2. The average molecular weight is 292 g/mol. The van der Waals surface area contributed by atoms with Crippen LogP contribution in [-0.4, -0.2) is 51.8 Å². The van der Waals surface area contributed by atoms with Crippen molar-refractivity contribution in [3.8, 4) is 0 Å². The first-order valence-electron chi connectivity index (χ1n) is 7.75. The molecule has 0 aliphatic carbocycles. The van der Waals surface area contributed by atoms with Gasteiger partial charge in [0.05, 0.1) is 0 Å². The van der Waals surface area contributed by atoms with Crippen molar-refractivity contribution in [1.82, 2.24) is 15.1 Å². The van der Waals surface area contributed by atoms with Gasteiger partial charge in [-0.2, -0.15) is 0 Å². The molecule has 0 aromatic carbocycles. The molecule has 1 fully saturated rings. The summed E-state index contributed by atoms with van der Waals surface area (Å²) in [5.74, 6) is 0.650. The molecular weight excluding hydrogens is 268 g/mol. The molecule has 2 N–H and O–H groups in total. The van der Waals surface area contributed by atoms with Gasteiger partial charge in [0.1, 0.15) is 5.82 Å². The minimum absolute atomic E-state index is 0.0509. The molecule has 116 valence electrons. The first-order chi connectivity index (χ1) is 10.3. The zero-order chi connectivity index (χ0) is 15.1. The van der Waals surface area contributed by atoms with Crippen molar-refractivity contribution >= 4 is 11.7 Å². The van der Waals surface area contributed by atoms with Crippen LogP contribution in [0.3, 0.4) is 0 Å². The zero-order valence-corrected chi connectivity index (χ0v) is 12.6. The Kier molecular flexibility index (Phi) is 5.92. The lowest BCUT2D eigenvalue weighted by Crippen LogP contribution is -2.36. The predicted octanol–water partition coefficient (Wildman–Crippen LogP) is 1.68. The SMILES string of the molecule is CCCNc1ccc(C(=O)N2CCCC2CCCO)nn1. The molecule has 1 aliphatic heterocycles. The molecule has 0 saturated carbocycles. The minimum Gasteiger partial charge on any atom is -0.396 e. The fourth-order valence-electron chi connectivity index (χ4n) is 2.67. The number of rotatable bonds is 7.